The molecule has 1 aliphatic rings. The third kappa shape index (κ3) is 2.44. The zero-order chi connectivity index (χ0) is 13.4. The highest BCUT2D eigenvalue weighted by molar-refractivity contribution is 7.89. The van der Waals surface area contributed by atoms with Gasteiger partial charge < -0.3 is 11.1 Å². The fraction of sp³-hybridized carbons (Fsp3) is 0.500. The summed E-state index contributed by atoms with van der Waals surface area (Å²) in [6, 6.07) is 4.51. The van der Waals surface area contributed by atoms with Crippen LogP contribution in [0.2, 0.25) is 0 Å². The molecule has 0 saturated heterocycles. The van der Waals surface area contributed by atoms with Gasteiger partial charge in [-0.05, 0) is 43.9 Å². The standard InChI is InChI=1S/C12H19N3O2S/c1-2-12(6-3-7-12)15-11-8-9(18(14,16)17)4-5-10(11)13/h4-5,8,15H,2-3,6-7,13H2,1H3,(H2,14,16,17). The van der Waals surface area contributed by atoms with Crippen molar-refractivity contribution >= 4 is 21.4 Å². The summed E-state index contributed by atoms with van der Waals surface area (Å²) >= 11 is 0. The maximum Gasteiger partial charge on any atom is 0.238 e. The number of hydrogen-bond acceptors (Lipinski definition) is 4. The molecular formula is C12H19N3O2S. The maximum absolute atomic E-state index is 11.3. The van der Waals surface area contributed by atoms with Gasteiger partial charge in [0.25, 0.3) is 0 Å². The maximum atomic E-state index is 11.3. The van der Waals surface area contributed by atoms with Gasteiger partial charge in [0.2, 0.25) is 10.0 Å². The van der Waals surface area contributed by atoms with Crippen molar-refractivity contribution in [2.45, 2.75) is 43.0 Å². The number of primary sulfonamides is 1. The number of nitrogens with one attached hydrogen (secondary N) is 1. The van der Waals surface area contributed by atoms with Crippen molar-refractivity contribution in [1.82, 2.24) is 0 Å². The van der Waals surface area contributed by atoms with E-state index in [-0.39, 0.29) is 10.4 Å². The largest absolute Gasteiger partial charge is 0.397 e. The second-order valence-electron chi connectivity index (χ2n) is 4.91. The van der Waals surface area contributed by atoms with Crippen molar-refractivity contribution in [3.63, 3.8) is 0 Å². The molecule has 1 saturated carbocycles. The molecule has 1 aromatic rings. The number of benzene rings is 1. The normalized spacial score (nSPS) is 18.1. The summed E-state index contributed by atoms with van der Waals surface area (Å²) in [4.78, 5) is 0.0878. The van der Waals surface area contributed by atoms with Gasteiger partial charge in [0.1, 0.15) is 0 Å². The van der Waals surface area contributed by atoms with Crippen LogP contribution < -0.4 is 16.2 Å². The molecule has 0 aliphatic heterocycles. The molecule has 0 bridgehead atoms. The Balaban J connectivity index is 2.32. The molecule has 1 fully saturated rings. The van der Waals surface area contributed by atoms with E-state index >= 15 is 0 Å². The number of nitrogen functional groups attached to an aromatic ring is 1. The van der Waals surface area contributed by atoms with E-state index in [1.165, 1.54) is 18.6 Å². The summed E-state index contributed by atoms with van der Waals surface area (Å²) in [6.45, 7) is 2.12. The molecule has 5 N–H and O–H groups in total. The van der Waals surface area contributed by atoms with Gasteiger partial charge in [0, 0.05) is 5.54 Å². The molecule has 0 unspecified atom stereocenters. The van der Waals surface area contributed by atoms with E-state index in [0.29, 0.717) is 11.4 Å². The van der Waals surface area contributed by atoms with Crippen LogP contribution in [0.25, 0.3) is 0 Å². The van der Waals surface area contributed by atoms with Crippen LogP contribution in [-0.4, -0.2) is 14.0 Å². The highest BCUT2D eigenvalue weighted by Gasteiger charge is 2.35. The van der Waals surface area contributed by atoms with Crippen LogP contribution in [0.3, 0.4) is 0 Å². The first kappa shape index (κ1) is 13.2. The van der Waals surface area contributed by atoms with E-state index in [2.05, 4.69) is 12.2 Å². The van der Waals surface area contributed by atoms with E-state index < -0.39 is 10.0 Å². The summed E-state index contributed by atoms with van der Waals surface area (Å²) in [6.07, 6.45) is 4.35. The van der Waals surface area contributed by atoms with Crippen molar-refractivity contribution in [3.05, 3.63) is 18.2 Å². The Morgan fingerprint density at radius 3 is 2.50 bits per heavy atom. The first-order valence-electron chi connectivity index (χ1n) is 6.07. The Morgan fingerprint density at radius 1 is 1.39 bits per heavy atom. The summed E-state index contributed by atoms with van der Waals surface area (Å²) in [5.74, 6) is 0. The second kappa shape index (κ2) is 4.44. The van der Waals surface area contributed by atoms with E-state index in [1.54, 1.807) is 6.07 Å². The molecule has 2 rings (SSSR count). The molecular weight excluding hydrogens is 250 g/mol. The minimum atomic E-state index is -3.69. The predicted molar refractivity (Wildman–Crippen MR) is 72.7 cm³/mol. The van der Waals surface area contributed by atoms with Crippen LogP contribution in [0.5, 0.6) is 0 Å². The highest BCUT2D eigenvalue weighted by Crippen LogP contribution is 2.39. The summed E-state index contributed by atoms with van der Waals surface area (Å²) < 4.78 is 22.6. The van der Waals surface area contributed by atoms with Crippen molar-refractivity contribution in [1.29, 1.82) is 0 Å². The Kier molecular flexibility index (Phi) is 3.25. The Bertz CT molecular complexity index is 545. The van der Waals surface area contributed by atoms with Crippen LogP contribution >= 0.6 is 0 Å². The average molecular weight is 269 g/mol. The highest BCUT2D eigenvalue weighted by atomic mass is 32.2. The smallest absolute Gasteiger partial charge is 0.238 e. The van der Waals surface area contributed by atoms with Gasteiger partial charge in [0.15, 0.2) is 0 Å². The van der Waals surface area contributed by atoms with Gasteiger partial charge >= 0.3 is 0 Å². The molecule has 100 valence electrons. The molecule has 5 nitrogen and oxygen atoms in total. The van der Waals surface area contributed by atoms with Gasteiger partial charge in [-0.25, -0.2) is 13.6 Å². The Hall–Kier alpha value is -1.27. The minimum absolute atomic E-state index is 0.0606. The topological polar surface area (TPSA) is 98.2 Å². The lowest BCUT2D eigenvalue weighted by Crippen LogP contribution is -2.44. The number of nitrogens with two attached hydrogens (primary N) is 2. The van der Waals surface area contributed by atoms with Gasteiger partial charge in [-0.1, -0.05) is 6.92 Å². The third-order valence-corrected chi connectivity index (χ3v) is 4.65. The van der Waals surface area contributed by atoms with Crippen LogP contribution in [0, 0.1) is 0 Å². The molecule has 0 atom stereocenters. The lowest BCUT2D eigenvalue weighted by molar-refractivity contribution is 0.269. The summed E-state index contributed by atoms with van der Waals surface area (Å²) in [5, 5.41) is 8.50. The summed E-state index contributed by atoms with van der Waals surface area (Å²) in [5.41, 5.74) is 7.14. The van der Waals surface area contributed by atoms with Crippen molar-refractivity contribution < 1.29 is 8.42 Å². The molecule has 1 aliphatic carbocycles. The molecule has 1 aromatic carbocycles. The van der Waals surface area contributed by atoms with Crippen LogP contribution in [0.4, 0.5) is 11.4 Å². The molecule has 6 heteroatoms. The lowest BCUT2D eigenvalue weighted by Gasteiger charge is -2.43. The summed E-state index contributed by atoms with van der Waals surface area (Å²) in [7, 11) is -3.69. The molecule has 0 spiro atoms. The molecule has 0 amide bonds. The monoisotopic (exact) mass is 269 g/mol. The Labute approximate surface area is 108 Å². The van der Waals surface area contributed by atoms with E-state index in [1.807, 2.05) is 0 Å². The zero-order valence-electron chi connectivity index (χ0n) is 10.4. The van der Waals surface area contributed by atoms with Crippen LogP contribution in [0.15, 0.2) is 23.1 Å². The number of hydrogen-bond donors (Lipinski definition) is 3. The molecule has 0 aromatic heterocycles. The SMILES string of the molecule is CCC1(Nc2cc(S(N)(=O)=O)ccc2N)CCC1. The van der Waals surface area contributed by atoms with Crippen LogP contribution in [0.1, 0.15) is 32.6 Å². The third-order valence-electron chi connectivity index (χ3n) is 3.74. The first-order chi connectivity index (χ1) is 8.36. The van der Waals surface area contributed by atoms with Crippen LogP contribution in [-0.2, 0) is 10.0 Å². The van der Waals surface area contributed by atoms with Crippen molar-refractivity contribution in [2.24, 2.45) is 5.14 Å². The first-order valence-corrected chi connectivity index (χ1v) is 7.61. The van der Waals surface area contributed by atoms with Gasteiger partial charge in [-0.3, -0.25) is 0 Å². The molecule has 0 radical (unpaired) electrons. The van der Waals surface area contributed by atoms with Crippen molar-refractivity contribution in [2.75, 3.05) is 11.1 Å². The van der Waals surface area contributed by atoms with E-state index in [9.17, 15) is 8.42 Å². The number of anilines is 2. The fourth-order valence-corrected chi connectivity index (χ4v) is 2.82. The zero-order valence-corrected chi connectivity index (χ0v) is 11.3. The van der Waals surface area contributed by atoms with Crippen molar-refractivity contribution in [3.8, 4) is 0 Å². The predicted octanol–water partition coefficient (Wildman–Crippen LogP) is 1.66. The average Bonchev–Trinajstić information content (AvgIpc) is 2.24. The van der Waals surface area contributed by atoms with Gasteiger partial charge in [0.05, 0.1) is 16.3 Å². The minimum Gasteiger partial charge on any atom is -0.397 e. The van der Waals surface area contributed by atoms with E-state index in [0.717, 1.165) is 19.3 Å². The quantitative estimate of drug-likeness (QED) is 0.724. The Morgan fingerprint density at radius 2 is 2.06 bits per heavy atom. The van der Waals surface area contributed by atoms with Gasteiger partial charge in [-0.15, -0.1) is 0 Å². The number of sulfonamides is 1. The molecule has 18 heavy (non-hydrogen) atoms. The second-order valence-corrected chi connectivity index (χ2v) is 6.47. The fourth-order valence-electron chi connectivity index (χ4n) is 2.28. The number of rotatable bonds is 4. The lowest BCUT2D eigenvalue weighted by atomic mass is 9.74. The van der Waals surface area contributed by atoms with E-state index in [4.69, 9.17) is 10.9 Å². The van der Waals surface area contributed by atoms with Gasteiger partial charge in [-0.2, -0.15) is 0 Å². The molecule has 0 heterocycles.